The Hall–Kier alpha value is -1.70. The van der Waals surface area contributed by atoms with Crippen LogP contribution in [0, 0.1) is 0 Å². The van der Waals surface area contributed by atoms with E-state index < -0.39 is 0 Å². The number of nitrogens with zero attached hydrogens (tertiary/aromatic N) is 2. The average Bonchev–Trinajstić information content (AvgIpc) is 3.00. The molecular formula is C16H19Cl2N3O4. The molecular weight excluding hydrogens is 369 g/mol. The number of nitrogens with one attached hydrogen (secondary N) is 1. The molecule has 0 spiro atoms. The van der Waals surface area contributed by atoms with Gasteiger partial charge in [-0.2, -0.15) is 0 Å². The molecule has 3 amide bonds. The third-order valence-electron chi connectivity index (χ3n) is 4.69. The van der Waals surface area contributed by atoms with E-state index in [2.05, 4.69) is 5.32 Å². The third-order valence-corrected chi connectivity index (χ3v) is 5.50. The summed E-state index contributed by atoms with van der Waals surface area (Å²) in [6, 6.07) is 2.52. The van der Waals surface area contributed by atoms with E-state index >= 15 is 0 Å². The van der Waals surface area contributed by atoms with E-state index in [4.69, 9.17) is 28.3 Å². The van der Waals surface area contributed by atoms with Crippen LogP contribution >= 0.6 is 23.2 Å². The third kappa shape index (κ3) is 3.49. The number of aliphatic hydroxyl groups excluding tert-OH is 1. The topological polar surface area (TPSA) is 93.1 Å². The Bertz CT molecular complexity index is 700. The van der Waals surface area contributed by atoms with Crippen molar-refractivity contribution in [1.29, 1.82) is 0 Å². The SMILES string of the molecule is O=C(NCCO)N1CC(=O)N2C[C@@H](c3c(O)ccc(Cl)c3Cl)C[C@H]2C1. The first-order valence-corrected chi connectivity index (χ1v) is 8.78. The minimum absolute atomic E-state index is 0.00422. The minimum Gasteiger partial charge on any atom is -0.508 e. The number of fused-ring (bicyclic) bond motifs is 1. The monoisotopic (exact) mass is 387 g/mol. The number of amides is 3. The van der Waals surface area contributed by atoms with Crippen LogP contribution in [0.2, 0.25) is 10.0 Å². The van der Waals surface area contributed by atoms with Crippen LogP contribution in [0.4, 0.5) is 4.79 Å². The highest BCUT2D eigenvalue weighted by Crippen LogP contribution is 2.43. The van der Waals surface area contributed by atoms with Crippen LogP contribution < -0.4 is 5.32 Å². The molecule has 0 aliphatic carbocycles. The molecule has 25 heavy (non-hydrogen) atoms. The largest absolute Gasteiger partial charge is 0.508 e. The molecule has 7 nitrogen and oxygen atoms in total. The number of phenols is 1. The highest BCUT2D eigenvalue weighted by molar-refractivity contribution is 6.42. The van der Waals surface area contributed by atoms with Crippen molar-refractivity contribution >= 4 is 35.1 Å². The zero-order valence-electron chi connectivity index (χ0n) is 13.4. The van der Waals surface area contributed by atoms with Crippen LogP contribution in [0.1, 0.15) is 17.9 Å². The van der Waals surface area contributed by atoms with Gasteiger partial charge in [-0.05, 0) is 18.6 Å². The van der Waals surface area contributed by atoms with Gasteiger partial charge in [0.15, 0.2) is 0 Å². The number of hydrogen-bond acceptors (Lipinski definition) is 4. The zero-order valence-corrected chi connectivity index (χ0v) is 14.9. The molecule has 136 valence electrons. The first kappa shape index (κ1) is 18.1. The van der Waals surface area contributed by atoms with Crippen LogP contribution in [-0.2, 0) is 4.79 Å². The number of benzene rings is 1. The maximum atomic E-state index is 12.4. The van der Waals surface area contributed by atoms with E-state index in [1.165, 1.54) is 17.0 Å². The van der Waals surface area contributed by atoms with E-state index in [0.29, 0.717) is 35.1 Å². The van der Waals surface area contributed by atoms with E-state index in [0.717, 1.165) is 0 Å². The second kappa shape index (κ2) is 7.27. The van der Waals surface area contributed by atoms with E-state index in [-0.39, 0.29) is 49.3 Å². The fraction of sp³-hybridized carbons (Fsp3) is 0.500. The lowest BCUT2D eigenvalue weighted by Crippen LogP contribution is -2.57. The lowest BCUT2D eigenvalue weighted by molar-refractivity contribution is -0.136. The maximum Gasteiger partial charge on any atom is 0.318 e. The van der Waals surface area contributed by atoms with Gasteiger partial charge in [0.05, 0.1) is 22.7 Å². The summed E-state index contributed by atoms with van der Waals surface area (Å²) < 4.78 is 0. The van der Waals surface area contributed by atoms with Gasteiger partial charge in [-0.25, -0.2) is 4.79 Å². The van der Waals surface area contributed by atoms with E-state index in [9.17, 15) is 14.7 Å². The number of phenolic OH excluding ortho intramolecular Hbond substituents is 1. The van der Waals surface area contributed by atoms with Gasteiger partial charge in [0, 0.05) is 31.1 Å². The fourth-order valence-electron chi connectivity index (χ4n) is 3.55. The fourth-order valence-corrected chi connectivity index (χ4v) is 4.03. The van der Waals surface area contributed by atoms with Crippen molar-refractivity contribution in [3.05, 3.63) is 27.7 Å². The van der Waals surface area contributed by atoms with Crippen molar-refractivity contribution < 1.29 is 19.8 Å². The van der Waals surface area contributed by atoms with Crippen LogP contribution in [0.25, 0.3) is 0 Å². The summed E-state index contributed by atoms with van der Waals surface area (Å²) in [5.41, 5.74) is 0.549. The molecule has 0 unspecified atom stereocenters. The van der Waals surface area contributed by atoms with Crippen LogP contribution in [0.5, 0.6) is 5.75 Å². The summed E-state index contributed by atoms with van der Waals surface area (Å²) in [5.74, 6) is -0.222. The van der Waals surface area contributed by atoms with Gasteiger partial charge in [-0.1, -0.05) is 23.2 Å². The number of aliphatic hydroxyl groups is 1. The van der Waals surface area contributed by atoms with Crippen molar-refractivity contribution in [3.63, 3.8) is 0 Å². The van der Waals surface area contributed by atoms with E-state index in [1.807, 2.05) is 0 Å². The number of carbonyl (C=O) groups excluding carboxylic acids is 2. The average molecular weight is 388 g/mol. The molecule has 3 N–H and O–H groups in total. The summed E-state index contributed by atoms with van der Waals surface area (Å²) in [5, 5.41) is 22.2. The van der Waals surface area contributed by atoms with Gasteiger partial charge in [0.25, 0.3) is 0 Å². The first-order valence-electron chi connectivity index (χ1n) is 8.02. The van der Waals surface area contributed by atoms with Gasteiger partial charge in [-0.3, -0.25) is 4.79 Å². The van der Waals surface area contributed by atoms with Crippen LogP contribution in [0.15, 0.2) is 12.1 Å². The van der Waals surface area contributed by atoms with Crippen molar-refractivity contribution in [2.75, 3.05) is 32.8 Å². The minimum atomic E-state index is -0.367. The number of aromatic hydroxyl groups is 1. The summed E-state index contributed by atoms with van der Waals surface area (Å²) in [6.07, 6.45) is 0.586. The Morgan fingerprint density at radius 1 is 1.32 bits per heavy atom. The molecule has 2 saturated heterocycles. The number of halogens is 2. The molecule has 2 atom stereocenters. The Morgan fingerprint density at radius 3 is 2.80 bits per heavy atom. The Balaban J connectivity index is 1.76. The number of hydrogen-bond donors (Lipinski definition) is 3. The van der Waals surface area contributed by atoms with Gasteiger partial charge < -0.3 is 25.3 Å². The summed E-state index contributed by atoms with van der Waals surface area (Å²) >= 11 is 12.3. The highest BCUT2D eigenvalue weighted by atomic mass is 35.5. The van der Waals surface area contributed by atoms with Crippen molar-refractivity contribution in [2.24, 2.45) is 0 Å². The molecule has 1 aromatic rings. The molecule has 0 radical (unpaired) electrons. The number of piperazine rings is 1. The summed E-state index contributed by atoms with van der Waals surface area (Å²) in [4.78, 5) is 27.6. The molecule has 2 aliphatic heterocycles. The predicted octanol–water partition coefficient (Wildman–Crippen LogP) is 1.40. The van der Waals surface area contributed by atoms with Crippen molar-refractivity contribution in [1.82, 2.24) is 15.1 Å². The number of carbonyl (C=O) groups is 2. The van der Waals surface area contributed by atoms with Crippen LogP contribution in [0.3, 0.4) is 0 Å². The highest BCUT2D eigenvalue weighted by Gasteiger charge is 2.43. The second-order valence-electron chi connectivity index (χ2n) is 6.26. The smallest absolute Gasteiger partial charge is 0.318 e. The molecule has 0 aromatic heterocycles. The number of urea groups is 1. The van der Waals surface area contributed by atoms with Gasteiger partial charge in [0.2, 0.25) is 5.91 Å². The molecule has 0 bridgehead atoms. The first-order chi connectivity index (χ1) is 11.9. The second-order valence-corrected chi connectivity index (χ2v) is 7.05. The Labute approximate surface area is 155 Å². The van der Waals surface area contributed by atoms with Crippen LogP contribution in [-0.4, -0.2) is 70.8 Å². The van der Waals surface area contributed by atoms with Gasteiger partial charge in [0.1, 0.15) is 12.3 Å². The van der Waals surface area contributed by atoms with Crippen molar-refractivity contribution in [2.45, 2.75) is 18.4 Å². The summed E-state index contributed by atoms with van der Waals surface area (Å²) in [7, 11) is 0. The molecule has 2 fully saturated rings. The Morgan fingerprint density at radius 2 is 2.08 bits per heavy atom. The van der Waals surface area contributed by atoms with Crippen molar-refractivity contribution in [3.8, 4) is 5.75 Å². The predicted molar refractivity (Wildman–Crippen MR) is 93.0 cm³/mol. The molecule has 3 rings (SSSR count). The van der Waals surface area contributed by atoms with Gasteiger partial charge >= 0.3 is 6.03 Å². The standard InChI is InChI=1S/C16H19Cl2N3O4/c17-11-1-2-12(23)14(15(11)18)9-5-10-7-20(16(25)19-3-4-22)8-13(24)21(10)6-9/h1-2,9-10,22-23H,3-8H2,(H,19,25)/t9-,10-/m0/s1. The maximum absolute atomic E-state index is 12.4. The number of rotatable bonds is 3. The van der Waals surface area contributed by atoms with Gasteiger partial charge in [-0.15, -0.1) is 0 Å². The quantitative estimate of drug-likeness (QED) is 0.730. The van der Waals surface area contributed by atoms with E-state index in [1.54, 1.807) is 4.90 Å². The molecule has 0 saturated carbocycles. The molecule has 1 aromatic carbocycles. The molecule has 2 heterocycles. The molecule has 2 aliphatic rings. The molecule has 9 heteroatoms. The Kier molecular flexibility index (Phi) is 5.27. The zero-order chi connectivity index (χ0) is 18.1. The lowest BCUT2D eigenvalue weighted by Gasteiger charge is -2.36. The lowest BCUT2D eigenvalue weighted by atomic mass is 9.95. The normalized spacial score (nSPS) is 22.9. The summed E-state index contributed by atoms with van der Waals surface area (Å²) in [6.45, 7) is 0.821.